The Labute approximate surface area is 160 Å². The van der Waals surface area contributed by atoms with E-state index in [0.717, 1.165) is 13.0 Å². The van der Waals surface area contributed by atoms with E-state index in [0.29, 0.717) is 31.7 Å². The van der Waals surface area contributed by atoms with E-state index >= 15 is 0 Å². The summed E-state index contributed by atoms with van der Waals surface area (Å²) >= 11 is 0. The van der Waals surface area contributed by atoms with Crippen LogP contribution in [0.15, 0.2) is 53.4 Å². The van der Waals surface area contributed by atoms with Crippen molar-refractivity contribution in [1.82, 2.24) is 9.21 Å². The third kappa shape index (κ3) is 4.55. The second-order valence-electron chi connectivity index (χ2n) is 6.77. The van der Waals surface area contributed by atoms with Gasteiger partial charge in [0.15, 0.2) is 0 Å². The summed E-state index contributed by atoms with van der Waals surface area (Å²) in [6.45, 7) is 4.75. The highest BCUT2D eigenvalue weighted by atomic mass is 32.2. The first-order valence-electron chi connectivity index (χ1n) is 8.98. The Hall–Kier alpha value is -2.22. The van der Waals surface area contributed by atoms with E-state index < -0.39 is 16.0 Å². The van der Waals surface area contributed by atoms with E-state index in [9.17, 15) is 13.2 Å². The van der Waals surface area contributed by atoms with Crippen molar-refractivity contribution in [2.24, 2.45) is 0 Å². The van der Waals surface area contributed by atoms with Gasteiger partial charge in [-0.05, 0) is 36.6 Å². The van der Waals surface area contributed by atoms with Crippen LogP contribution in [0.2, 0.25) is 0 Å². The quantitative estimate of drug-likeness (QED) is 0.821. The molecule has 0 aliphatic carbocycles. The van der Waals surface area contributed by atoms with Gasteiger partial charge in [-0.15, -0.1) is 0 Å². The van der Waals surface area contributed by atoms with Crippen molar-refractivity contribution in [3.8, 4) is 0 Å². The molecule has 3 rings (SSSR count). The molecule has 0 atom stereocenters. The van der Waals surface area contributed by atoms with Crippen molar-refractivity contribution in [3.05, 3.63) is 65.2 Å². The van der Waals surface area contributed by atoms with Gasteiger partial charge >= 0.3 is 5.97 Å². The normalized spacial score (nSPS) is 16.3. The highest BCUT2D eigenvalue weighted by Crippen LogP contribution is 2.23. The zero-order valence-corrected chi connectivity index (χ0v) is 16.2. The molecule has 0 saturated carbocycles. The predicted molar refractivity (Wildman–Crippen MR) is 103 cm³/mol. The van der Waals surface area contributed by atoms with Crippen molar-refractivity contribution >= 4 is 16.0 Å². The summed E-state index contributed by atoms with van der Waals surface area (Å²) in [5, 5.41) is 9.15. The topological polar surface area (TPSA) is 77.9 Å². The summed E-state index contributed by atoms with van der Waals surface area (Å²) in [4.78, 5) is 13.5. The van der Waals surface area contributed by atoms with Crippen LogP contribution in [0.5, 0.6) is 0 Å². The number of hydrogen-bond acceptors (Lipinski definition) is 4. The molecular weight excluding hydrogens is 364 g/mol. The molecule has 0 spiro atoms. The van der Waals surface area contributed by atoms with E-state index in [4.69, 9.17) is 5.11 Å². The number of carboxylic acid groups (broad SMARTS) is 1. The standard InChI is InChI=1S/C20H24N2O4S/c1-16-7-8-18(20(23)24)15-19(16)27(25,26)22-13-11-21(12-14-22)10-9-17-5-3-2-4-6-17/h2-8,15H,9-14H2,1H3,(H,23,24). The number of aromatic carboxylic acids is 1. The highest BCUT2D eigenvalue weighted by Gasteiger charge is 2.30. The van der Waals surface area contributed by atoms with Gasteiger partial charge in [0.25, 0.3) is 0 Å². The van der Waals surface area contributed by atoms with Crippen molar-refractivity contribution in [2.45, 2.75) is 18.2 Å². The minimum Gasteiger partial charge on any atom is -0.478 e. The zero-order chi connectivity index (χ0) is 19.4. The summed E-state index contributed by atoms with van der Waals surface area (Å²) in [6.07, 6.45) is 0.938. The number of carboxylic acids is 1. The molecule has 0 aromatic heterocycles. The largest absolute Gasteiger partial charge is 0.478 e. The lowest BCUT2D eigenvalue weighted by Crippen LogP contribution is -2.49. The first-order valence-corrected chi connectivity index (χ1v) is 10.4. The molecule has 0 unspecified atom stereocenters. The van der Waals surface area contributed by atoms with Gasteiger partial charge in [-0.2, -0.15) is 4.31 Å². The van der Waals surface area contributed by atoms with Crippen LogP contribution in [0.25, 0.3) is 0 Å². The van der Waals surface area contributed by atoms with Crippen LogP contribution in [-0.2, 0) is 16.4 Å². The molecule has 1 saturated heterocycles. The number of benzene rings is 2. The van der Waals surface area contributed by atoms with Crippen LogP contribution in [0.1, 0.15) is 21.5 Å². The SMILES string of the molecule is Cc1ccc(C(=O)O)cc1S(=O)(=O)N1CCN(CCc2ccccc2)CC1. The van der Waals surface area contributed by atoms with E-state index in [-0.39, 0.29) is 10.5 Å². The third-order valence-corrected chi connectivity index (χ3v) is 6.98. The lowest BCUT2D eigenvalue weighted by Gasteiger charge is -2.34. The predicted octanol–water partition coefficient (Wildman–Crippen LogP) is 2.24. The van der Waals surface area contributed by atoms with E-state index in [1.807, 2.05) is 18.2 Å². The van der Waals surface area contributed by atoms with Crippen molar-refractivity contribution in [2.75, 3.05) is 32.7 Å². The fraction of sp³-hybridized carbons (Fsp3) is 0.350. The lowest BCUT2D eigenvalue weighted by molar-refractivity contribution is 0.0696. The van der Waals surface area contributed by atoms with E-state index in [1.54, 1.807) is 13.0 Å². The zero-order valence-electron chi connectivity index (χ0n) is 15.3. The molecule has 1 aliphatic rings. The number of hydrogen-bond donors (Lipinski definition) is 1. The molecular formula is C20H24N2O4S. The van der Waals surface area contributed by atoms with Crippen LogP contribution < -0.4 is 0 Å². The van der Waals surface area contributed by atoms with Gasteiger partial charge < -0.3 is 10.0 Å². The van der Waals surface area contributed by atoms with Crippen LogP contribution >= 0.6 is 0 Å². The molecule has 1 heterocycles. The average Bonchev–Trinajstić information content (AvgIpc) is 2.67. The van der Waals surface area contributed by atoms with E-state index in [1.165, 1.54) is 22.0 Å². The summed E-state index contributed by atoms with van der Waals surface area (Å²) in [5.74, 6) is -1.13. The number of nitrogens with zero attached hydrogens (tertiary/aromatic N) is 2. The van der Waals surface area contributed by atoms with Crippen LogP contribution in [-0.4, -0.2) is 61.4 Å². The number of rotatable bonds is 6. The third-order valence-electron chi connectivity index (χ3n) is 4.94. The minimum atomic E-state index is -3.70. The second kappa shape index (κ2) is 8.21. The van der Waals surface area contributed by atoms with Gasteiger partial charge in [0.05, 0.1) is 10.5 Å². The molecule has 1 fully saturated rings. The molecule has 27 heavy (non-hydrogen) atoms. The van der Waals surface area contributed by atoms with E-state index in [2.05, 4.69) is 17.0 Å². The molecule has 2 aromatic rings. The first-order chi connectivity index (χ1) is 12.9. The molecule has 0 amide bonds. The van der Waals surface area contributed by atoms with Crippen molar-refractivity contribution in [3.63, 3.8) is 0 Å². The van der Waals surface area contributed by atoms with Crippen LogP contribution in [0.4, 0.5) is 0 Å². The molecule has 144 valence electrons. The summed E-state index contributed by atoms with van der Waals surface area (Å²) in [7, 11) is -3.70. The fourth-order valence-corrected chi connectivity index (χ4v) is 4.95. The maximum absolute atomic E-state index is 13.0. The Balaban J connectivity index is 1.65. The van der Waals surface area contributed by atoms with Crippen LogP contribution in [0, 0.1) is 6.92 Å². The molecule has 6 nitrogen and oxygen atoms in total. The van der Waals surface area contributed by atoms with Gasteiger partial charge in [0.1, 0.15) is 0 Å². The Morgan fingerprint density at radius 1 is 1.04 bits per heavy atom. The number of carbonyl (C=O) groups is 1. The van der Waals surface area contributed by atoms with Gasteiger partial charge in [-0.3, -0.25) is 0 Å². The van der Waals surface area contributed by atoms with Crippen molar-refractivity contribution < 1.29 is 18.3 Å². The minimum absolute atomic E-state index is 0.0133. The highest BCUT2D eigenvalue weighted by molar-refractivity contribution is 7.89. The van der Waals surface area contributed by atoms with Gasteiger partial charge in [-0.25, -0.2) is 13.2 Å². The molecule has 0 bridgehead atoms. The van der Waals surface area contributed by atoms with Gasteiger partial charge in [0, 0.05) is 32.7 Å². The number of piperazine rings is 1. The molecule has 1 N–H and O–H groups in total. The van der Waals surface area contributed by atoms with Gasteiger partial charge in [-0.1, -0.05) is 36.4 Å². The number of aryl methyl sites for hydroxylation is 1. The summed E-state index contributed by atoms with van der Waals surface area (Å²) < 4.78 is 27.4. The maximum Gasteiger partial charge on any atom is 0.335 e. The second-order valence-corrected chi connectivity index (χ2v) is 8.67. The molecule has 7 heteroatoms. The Kier molecular flexibility index (Phi) is 5.94. The molecule has 0 radical (unpaired) electrons. The molecule has 2 aromatic carbocycles. The number of sulfonamides is 1. The van der Waals surface area contributed by atoms with Crippen molar-refractivity contribution in [1.29, 1.82) is 0 Å². The summed E-state index contributed by atoms with van der Waals surface area (Å²) in [5.41, 5.74) is 1.82. The Morgan fingerprint density at radius 3 is 2.33 bits per heavy atom. The van der Waals surface area contributed by atoms with Crippen LogP contribution in [0.3, 0.4) is 0 Å². The fourth-order valence-electron chi connectivity index (χ4n) is 3.28. The Bertz CT molecular complexity index is 905. The first kappa shape index (κ1) is 19.5. The lowest BCUT2D eigenvalue weighted by atomic mass is 10.1. The average molecular weight is 388 g/mol. The monoisotopic (exact) mass is 388 g/mol. The maximum atomic E-state index is 13.0. The molecule has 1 aliphatic heterocycles. The smallest absolute Gasteiger partial charge is 0.335 e. The Morgan fingerprint density at radius 2 is 1.70 bits per heavy atom. The summed E-state index contributed by atoms with van der Waals surface area (Å²) in [6, 6.07) is 14.5. The van der Waals surface area contributed by atoms with Gasteiger partial charge in [0.2, 0.25) is 10.0 Å².